The number of fused-ring (bicyclic) bond motifs is 1. The molecule has 2 aromatic carbocycles. The number of para-hydroxylation sites is 1. The zero-order chi connectivity index (χ0) is 19.5. The summed E-state index contributed by atoms with van der Waals surface area (Å²) in [4.78, 5) is 29.4. The summed E-state index contributed by atoms with van der Waals surface area (Å²) in [6.07, 6.45) is 6.25. The molecular weight excluding hydrogens is 354 g/mol. The van der Waals surface area contributed by atoms with Gasteiger partial charge >= 0.3 is 0 Å². The van der Waals surface area contributed by atoms with E-state index in [4.69, 9.17) is 4.74 Å². The number of hydrogen-bond acceptors (Lipinski definition) is 4. The van der Waals surface area contributed by atoms with Crippen LogP contribution in [0.1, 0.15) is 31.2 Å². The molecule has 0 saturated heterocycles. The third kappa shape index (κ3) is 3.91. The van der Waals surface area contributed by atoms with E-state index in [1.165, 1.54) is 23.7 Å². The van der Waals surface area contributed by atoms with Crippen LogP contribution in [0.25, 0.3) is 10.9 Å². The molecule has 1 heterocycles. The molecule has 1 aromatic heterocycles. The summed E-state index contributed by atoms with van der Waals surface area (Å²) in [6, 6.07) is 12.8. The van der Waals surface area contributed by atoms with Crippen molar-refractivity contribution >= 4 is 22.5 Å². The number of nitrogens with one attached hydrogen (secondary N) is 1. The van der Waals surface area contributed by atoms with Gasteiger partial charge in [-0.25, -0.2) is 4.98 Å². The summed E-state index contributed by atoms with van der Waals surface area (Å²) in [5.41, 5.74) is 2.03. The van der Waals surface area contributed by atoms with Crippen molar-refractivity contribution in [2.75, 3.05) is 5.32 Å². The summed E-state index contributed by atoms with van der Waals surface area (Å²) < 4.78 is 7.31. The first-order valence-corrected chi connectivity index (χ1v) is 9.61. The Morgan fingerprint density at radius 2 is 2.00 bits per heavy atom. The van der Waals surface area contributed by atoms with Gasteiger partial charge in [0.15, 0.2) is 0 Å². The number of ether oxygens (including phenoxy) is 1. The zero-order valence-electron chi connectivity index (χ0n) is 15.9. The Morgan fingerprint density at radius 3 is 2.82 bits per heavy atom. The molecule has 1 N–H and O–H groups in total. The first-order chi connectivity index (χ1) is 13.6. The monoisotopic (exact) mass is 377 g/mol. The van der Waals surface area contributed by atoms with Crippen molar-refractivity contribution < 1.29 is 9.53 Å². The normalized spacial score (nSPS) is 14.3. The predicted molar refractivity (Wildman–Crippen MR) is 109 cm³/mol. The molecule has 144 valence electrons. The molecule has 0 spiro atoms. The van der Waals surface area contributed by atoms with Crippen LogP contribution in [0.4, 0.5) is 5.69 Å². The van der Waals surface area contributed by atoms with Crippen molar-refractivity contribution in [3.8, 4) is 5.75 Å². The second kappa shape index (κ2) is 7.84. The van der Waals surface area contributed by atoms with E-state index in [1.54, 1.807) is 6.07 Å². The summed E-state index contributed by atoms with van der Waals surface area (Å²) in [5.74, 6) is 0.471. The Kier molecular flexibility index (Phi) is 5.10. The van der Waals surface area contributed by atoms with E-state index >= 15 is 0 Å². The lowest BCUT2D eigenvalue weighted by Gasteiger charge is -2.14. The summed E-state index contributed by atoms with van der Waals surface area (Å²) in [6.45, 7) is 1.82. The number of carbonyl (C=O) groups excluding carboxylic acids is 1. The highest BCUT2D eigenvalue weighted by Gasteiger charge is 2.16. The summed E-state index contributed by atoms with van der Waals surface area (Å²) in [7, 11) is 0. The Labute approximate surface area is 163 Å². The molecule has 1 fully saturated rings. The lowest BCUT2D eigenvalue weighted by Crippen LogP contribution is -2.28. The summed E-state index contributed by atoms with van der Waals surface area (Å²) >= 11 is 0. The molecule has 0 radical (unpaired) electrons. The molecule has 4 rings (SSSR count). The molecule has 6 nitrogen and oxygen atoms in total. The maximum atomic E-state index is 12.6. The minimum Gasteiger partial charge on any atom is -0.490 e. The van der Waals surface area contributed by atoms with Gasteiger partial charge in [-0.3, -0.25) is 14.2 Å². The third-order valence-corrected chi connectivity index (χ3v) is 5.09. The van der Waals surface area contributed by atoms with Gasteiger partial charge in [0.05, 0.1) is 23.3 Å². The fraction of sp³-hybridized carbons (Fsp3) is 0.318. The highest BCUT2D eigenvalue weighted by atomic mass is 16.5. The van der Waals surface area contributed by atoms with Crippen LogP contribution in [-0.2, 0) is 11.3 Å². The zero-order valence-corrected chi connectivity index (χ0v) is 15.9. The molecule has 6 heteroatoms. The average molecular weight is 377 g/mol. The fourth-order valence-corrected chi connectivity index (χ4v) is 3.65. The van der Waals surface area contributed by atoms with E-state index in [1.807, 2.05) is 43.3 Å². The first kappa shape index (κ1) is 18.2. The lowest BCUT2D eigenvalue weighted by molar-refractivity contribution is -0.116. The van der Waals surface area contributed by atoms with Gasteiger partial charge in [-0.15, -0.1) is 0 Å². The van der Waals surface area contributed by atoms with E-state index < -0.39 is 0 Å². The third-order valence-electron chi connectivity index (χ3n) is 5.09. The van der Waals surface area contributed by atoms with Crippen LogP contribution in [0.3, 0.4) is 0 Å². The number of carbonyl (C=O) groups is 1. The molecule has 1 aliphatic carbocycles. The smallest absolute Gasteiger partial charge is 0.261 e. The lowest BCUT2D eigenvalue weighted by atomic mass is 10.1. The van der Waals surface area contributed by atoms with E-state index in [2.05, 4.69) is 10.3 Å². The molecule has 0 aliphatic heterocycles. The second-order valence-corrected chi connectivity index (χ2v) is 7.25. The number of aromatic nitrogens is 2. The van der Waals surface area contributed by atoms with Crippen LogP contribution in [0.2, 0.25) is 0 Å². The molecular formula is C22H23N3O3. The highest BCUT2D eigenvalue weighted by Crippen LogP contribution is 2.25. The van der Waals surface area contributed by atoms with Gasteiger partial charge in [-0.1, -0.05) is 18.2 Å². The summed E-state index contributed by atoms with van der Waals surface area (Å²) in [5, 5.41) is 3.35. The molecule has 0 bridgehead atoms. The van der Waals surface area contributed by atoms with Gasteiger partial charge in [0, 0.05) is 11.8 Å². The Balaban J connectivity index is 1.47. The van der Waals surface area contributed by atoms with Crippen molar-refractivity contribution in [1.82, 2.24) is 9.55 Å². The fourth-order valence-electron chi connectivity index (χ4n) is 3.65. The Morgan fingerprint density at radius 1 is 1.21 bits per heavy atom. The molecule has 0 atom stereocenters. The van der Waals surface area contributed by atoms with Gasteiger partial charge in [0.25, 0.3) is 5.56 Å². The van der Waals surface area contributed by atoms with Crippen molar-refractivity contribution in [3.05, 3.63) is 64.7 Å². The highest BCUT2D eigenvalue weighted by molar-refractivity contribution is 5.91. The molecule has 1 saturated carbocycles. The number of aryl methyl sites for hydroxylation is 1. The molecule has 0 unspecified atom stereocenters. The second-order valence-electron chi connectivity index (χ2n) is 7.25. The van der Waals surface area contributed by atoms with E-state index in [-0.39, 0.29) is 24.1 Å². The Bertz CT molecular complexity index is 1070. The van der Waals surface area contributed by atoms with Crippen LogP contribution in [0.5, 0.6) is 5.75 Å². The number of rotatable bonds is 5. The minimum absolute atomic E-state index is 0.0938. The number of anilines is 1. The van der Waals surface area contributed by atoms with Gasteiger partial charge in [0.2, 0.25) is 5.91 Å². The quantitative estimate of drug-likeness (QED) is 0.736. The molecule has 1 amide bonds. The number of amides is 1. The van der Waals surface area contributed by atoms with Crippen LogP contribution in [0.15, 0.2) is 53.6 Å². The molecule has 28 heavy (non-hydrogen) atoms. The van der Waals surface area contributed by atoms with Crippen LogP contribution < -0.4 is 15.6 Å². The maximum absolute atomic E-state index is 12.6. The van der Waals surface area contributed by atoms with E-state index in [0.29, 0.717) is 16.6 Å². The average Bonchev–Trinajstić information content (AvgIpc) is 3.18. The van der Waals surface area contributed by atoms with Gasteiger partial charge < -0.3 is 10.1 Å². The van der Waals surface area contributed by atoms with E-state index in [9.17, 15) is 9.59 Å². The van der Waals surface area contributed by atoms with Gasteiger partial charge in [-0.05, 0) is 56.4 Å². The van der Waals surface area contributed by atoms with Gasteiger partial charge in [0.1, 0.15) is 12.3 Å². The van der Waals surface area contributed by atoms with Crippen LogP contribution in [-0.4, -0.2) is 21.6 Å². The standard InChI is InChI=1S/C22H23N3O3/c1-15-6-4-11-19-21(15)23-14-25(22(19)27)13-20(26)24-16-7-5-10-18(12-16)28-17-8-2-3-9-17/h4-7,10-12,14,17H,2-3,8-9,13H2,1H3,(H,24,26). The number of hydrogen-bond donors (Lipinski definition) is 1. The van der Waals surface area contributed by atoms with Crippen molar-refractivity contribution in [1.29, 1.82) is 0 Å². The number of nitrogens with zero attached hydrogens (tertiary/aromatic N) is 2. The first-order valence-electron chi connectivity index (χ1n) is 9.61. The topological polar surface area (TPSA) is 73.2 Å². The minimum atomic E-state index is -0.283. The van der Waals surface area contributed by atoms with Crippen LogP contribution in [0, 0.1) is 6.92 Å². The predicted octanol–water partition coefficient (Wildman–Crippen LogP) is 3.67. The largest absolute Gasteiger partial charge is 0.490 e. The number of benzene rings is 2. The Hall–Kier alpha value is -3.15. The van der Waals surface area contributed by atoms with E-state index in [0.717, 1.165) is 24.2 Å². The van der Waals surface area contributed by atoms with Crippen molar-refractivity contribution in [2.45, 2.75) is 45.3 Å². The van der Waals surface area contributed by atoms with Crippen molar-refractivity contribution in [3.63, 3.8) is 0 Å². The van der Waals surface area contributed by atoms with Gasteiger partial charge in [-0.2, -0.15) is 0 Å². The van der Waals surface area contributed by atoms with Crippen molar-refractivity contribution in [2.24, 2.45) is 0 Å². The molecule has 3 aromatic rings. The molecule has 1 aliphatic rings. The van der Waals surface area contributed by atoms with Crippen LogP contribution >= 0.6 is 0 Å². The SMILES string of the molecule is Cc1cccc2c(=O)n(CC(=O)Nc3cccc(OC4CCCC4)c3)cnc12. The maximum Gasteiger partial charge on any atom is 0.261 e.